The third kappa shape index (κ3) is 3.29. The van der Waals surface area contributed by atoms with Crippen molar-refractivity contribution >= 4 is 22.6 Å². The van der Waals surface area contributed by atoms with Gasteiger partial charge in [-0.15, -0.1) is 0 Å². The quantitative estimate of drug-likeness (QED) is 0.521. The second-order valence-electron chi connectivity index (χ2n) is 6.86. The standard InChI is InChI=1S/C20H22N4O4S/c1-4-12-11-29-20-22-18(14-7-5-6-8-21-14)19(23(12)20)13-9-16(27-2)17(28-3)10-15(13)24(25)26/h5-10,12,18-19H,4,11H2,1-3H3/t12-,18+,19+/m1/s1. The van der Waals surface area contributed by atoms with Crippen LogP contribution in [0.2, 0.25) is 0 Å². The zero-order valence-electron chi connectivity index (χ0n) is 16.4. The normalized spacial score (nSPS) is 22.9. The van der Waals surface area contributed by atoms with Crippen LogP contribution in [0.25, 0.3) is 0 Å². The molecule has 2 aromatic rings. The molecule has 0 bridgehead atoms. The van der Waals surface area contributed by atoms with Crippen LogP contribution in [-0.2, 0) is 0 Å². The number of nitro benzene ring substituents is 1. The van der Waals surface area contributed by atoms with Crippen LogP contribution in [0.3, 0.4) is 0 Å². The Kier molecular flexibility index (Phi) is 5.31. The van der Waals surface area contributed by atoms with Crippen LogP contribution in [0.4, 0.5) is 5.69 Å². The zero-order chi connectivity index (χ0) is 20.5. The van der Waals surface area contributed by atoms with E-state index in [9.17, 15) is 10.1 Å². The van der Waals surface area contributed by atoms with Crippen molar-refractivity contribution < 1.29 is 14.4 Å². The molecule has 2 aliphatic heterocycles. The Bertz CT molecular complexity index is 953. The number of nitro groups is 1. The maximum absolute atomic E-state index is 12.0. The first-order chi connectivity index (χ1) is 14.1. The molecular weight excluding hydrogens is 392 g/mol. The molecule has 4 rings (SSSR count). The zero-order valence-corrected chi connectivity index (χ0v) is 17.3. The summed E-state index contributed by atoms with van der Waals surface area (Å²) in [5.74, 6) is 1.71. The summed E-state index contributed by atoms with van der Waals surface area (Å²) in [7, 11) is 3.00. The van der Waals surface area contributed by atoms with Crippen LogP contribution in [0, 0.1) is 10.1 Å². The van der Waals surface area contributed by atoms with Crippen molar-refractivity contribution in [3.63, 3.8) is 0 Å². The highest BCUT2D eigenvalue weighted by molar-refractivity contribution is 8.14. The van der Waals surface area contributed by atoms with Crippen molar-refractivity contribution in [1.82, 2.24) is 9.88 Å². The predicted octanol–water partition coefficient (Wildman–Crippen LogP) is 3.99. The van der Waals surface area contributed by atoms with Crippen molar-refractivity contribution in [3.05, 3.63) is 57.9 Å². The number of hydrogen-bond donors (Lipinski definition) is 0. The van der Waals surface area contributed by atoms with E-state index in [2.05, 4.69) is 16.8 Å². The van der Waals surface area contributed by atoms with Gasteiger partial charge in [0.15, 0.2) is 16.7 Å². The van der Waals surface area contributed by atoms with E-state index in [0.29, 0.717) is 17.1 Å². The third-order valence-corrected chi connectivity index (χ3v) is 6.50. The summed E-state index contributed by atoms with van der Waals surface area (Å²) in [6.45, 7) is 2.13. The number of ether oxygens (including phenoxy) is 2. The van der Waals surface area contributed by atoms with Crippen LogP contribution in [0.15, 0.2) is 41.5 Å². The summed E-state index contributed by atoms with van der Waals surface area (Å²) < 4.78 is 10.7. The summed E-state index contributed by atoms with van der Waals surface area (Å²) in [5, 5.41) is 12.9. The molecule has 1 aromatic carbocycles. The molecule has 0 unspecified atom stereocenters. The van der Waals surface area contributed by atoms with Gasteiger partial charge in [0.1, 0.15) is 6.04 Å². The number of fused-ring (bicyclic) bond motifs is 1. The number of hydrogen-bond acceptors (Lipinski definition) is 8. The van der Waals surface area contributed by atoms with E-state index in [0.717, 1.165) is 23.0 Å². The fourth-order valence-corrected chi connectivity index (χ4v) is 5.30. The largest absolute Gasteiger partial charge is 0.493 e. The highest BCUT2D eigenvalue weighted by Crippen LogP contribution is 2.52. The van der Waals surface area contributed by atoms with Gasteiger partial charge in [-0.25, -0.2) is 0 Å². The number of aromatic nitrogens is 1. The fourth-order valence-electron chi connectivity index (χ4n) is 3.97. The molecule has 152 valence electrons. The molecule has 8 nitrogen and oxygen atoms in total. The van der Waals surface area contributed by atoms with Gasteiger partial charge in [-0.1, -0.05) is 24.8 Å². The highest BCUT2D eigenvalue weighted by Gasteiger charge is 2.47. The van der Waals surface area contributed by atoms with Gasteiger partial charge in [0, 0.05) is 18.0 Å². The lowest BCUT2D eigenvalue weighted by molar-refractivity contribution is -0.386. The second-order valence-corrected chi connectivity index (χ2v) is 7.85. The smallest absolute Gasteiger partial charge is 0.278 e. The third-order valence-electron chi connectivity index (χ3n) is 5.38. The average Bonchev–Trinajstić information content (AvgIpc) is 3.32. The first-order valence-electron chi connectivity index (χ1n) is 9.39. The minimum Gasteiger partial charge on any atom is -0.493 e. The minimum absolute atomic E-state index is 0.00298. The lowest BCUT2D eigenvalue weighted by atomic mass is 9.93. The average molecular weight is 414 g/mol. The summed E-state index contributed by atoms with van der Waals surface area (Å²) in [5.41, 5.74) is 1.35. The van der Waals surface area contributed by atoms with E-state index in [4.69, 9.17) is 14.5 Å². The van der Waals surface area contributed by atoms with E-state index >= 15 is 0 Å². The first-order valence-corrected chi connectivity index (χ1v) is 10.4. The summed E-state index contributed by atoms with van der Waals surface area (Å²) in [6.07, 6.45) is 2.65. The van der Waals surface area contributed by atoms with Gasteiger partial charge in [0.2, 0.25) is 0 Å². The Hall–Kier alpha value is -2.81. The summed E-state index contributed by atoms with van der Waals surface area (Å²) in [4.78, 5) is 23.2. The Labute approximate surface area is 173 Å². The van der Waals surface area contributed by atoms with E-state index in [1.807, 2.05) is 18.2 Å². The molecule has 0 aliphatic carbocycles. The van der Waals surface area contributed by atoms with Crippen LogP contribution in [0.5, 0.6) is 11.5 Å². The SMILES string of the molecule is CC[C@@H]1CSC2=N[C@@H](c3ccccn3)[C@H](c3cc(OC)c(OC)cc3[N+](=O)[O-])N21. The fraction of sp³-hybridized carbons (Fsp3) is 0.400. The second kappa shape index (κ2) is 7.90. The monoisotopic (exact) mass is 414 g/mol. The van der Waals surface area contributed by atoms with Crippen molar-refractivity contribution in [3.8, 4) is 11.5 Å². The van der Waals surface area contributed by atoms with E-state index in [1.165, 1.54) is 20.3 Å². The van der Waals surface area contributed by atoms with Crippen molar-refractivity contribution in [2.24, 2.45) is 4.99 Å². The van der Waals surface area contributed by atoms with Gasteiger partial charge in [0.05, 0.1) is 42.5 Å². The molecule has 0 radical (unpaired) electrons. The predicted molar refractivity (Wildman–Crippen MR) is 112 cm³/mol. The molecule has 9 heteroatoms. The maximum atomic E-state index is 12.0. The van der Waals surface area contributed by atoms with E-state index < -0.39 is 0 Å². The number of nitrogens with zero attached hydrogens (tertiary/aromatic N) is 4. The number of benzene rings is 1. The summed E-state index contributed by atoms with van der Waals surface area (Å²) >= 11 is 1.70. The van der Waals surface area contributed by atoms with Crippen molar-refractivity contribution in [2.75, 3.05) is 20.0 Å². The molecule has 1 aromatic heterocycles. The Morgan fingerprint density at radius 2 is 2.03 bits per heavy atom. The molecule has 1 fully saturated rings. The topological polar surface area (TPSA) is 90.1 Å². The molecule has 0 spiro atoms. The van der Waals surface area contributed by atoms with E-state index in [-0.39, 0.29) is 28.7 Å². The summed E-state index contributed by atoms with van der Waals surface area (Å²) in [6, 6.07) is 8.43. The molecule has 0 saturated carbocycles. The number of thioether (sulfide) groups is 1. The molecule has 3 heterocycles. The lowest BCUT2D eigenvalue weighted by Crippen LogP contribution is -2.35. The van der Waals surface area contributed by atoms with Crippen molar-refractivity contribution in [1.29, 1.82) is 0 Å². The number of rotatable bonds is 6. The molecule has 0 N–H and O–H groups in total. The Morgan fingerprint density at radius 1 is 1.28 bits per heavy atom. The molecule has 2 aliphatic rings. The lowest BCUT2D eigenvalue weighted by Gasteiger charge is -2.31. The number of pyridine rings is 1. The van der Waals surface area contributed by atoms with Crippen LogP contribution < -0.4 is 9.47 Å². The molecule has 29 heavy (non-hydrogen) atoms. The van der Waals surface area contributed by atoms with Crippen LogP contribution >= 0.6 is 11.8 Å². The van der Waals surface area contributed by atoms with Gasteiger partial charge < -0.3 is 14.4 Å². The minimum atomic E-state index is -0.366. The highest BCUT2D eigenvalue weighted by atomic mass is 32.2. The van der Waals surface area contributed by atoms with Gasteiger partial charge >= 0.3 is 0 Å². The molecule has 0 amide bonds. The van der Waals surface area contributed by atoms with Crippen LogP contribution in [-0.4, -0.2) is 46.0 Å². The maximum Gasteiger partial charge on any atom is 0.278 e. The number of amidine groups is 1. The molecule has 1 saturated heterocycles. The first kappa shape index (κ1) is 19.5. The van der Waals surface area contributed by atoms with Gasteiger partial charge in [-0.05, 0) is 24.6 Å². The number of aliphatic imine (C=N–C) groups is 1. The molecule has 3 atom stereocenters. The Balaban J connectivity index is 1.91. The van der Waals surface area contributed by atoms with Gasteiger partial charge in [-0.2, -0.15) is 0 Å². The van der Waals surface area contributed by atoms with Gasteiger partial charge in [-0.3, -0.25) is 20.1 Å². The van der Waals surface area contributed by atoms with Crippen molar-refractivity contribution in [2.45, 2.75) is 31.5 Å². The van der Waals surface area contributed by atoms with Gasteiger partial charge in [0.25, 0.3) is 5.69 Å². The number of methoxy groups -OCH3 is 2. The van der Waals surface area contributed by atoms with Crippen LogP contribution in [0.1, 0.15) is 36.7 Å². The Morgan fingerprint density at radius 3 is 2.66 bits per heavy atom. The molecular formula is C20H22N4O4S. The van der Waals surface area contributed by atoms with E-state index in [1.54, 1.807) is 24.0 Å².